The lowest BCUT2D eigenvalue weighted by molar-refractivity contribution is -0.384. The van der Waals surface area contributed by atoms with Crippen LogP contribution in [0.25, 0.3) is 0 Å². The van der Waals surface area contributed by atoms with Crippen LogP contribution in [-0.4, -0.2) is 21.4 Å². The first kappa shape index (κ1) is 12.0. The molecule has 0 aliphatic heterocycles. The molecule has 92 valence electrons. The Labute approximate surface area is 104 Å². The van der Waals surface area contributed by atoms with E-state index in [9.17, 15) is 10.1 Å². The first-order chi connectivity index (χ1) is 8.77. The summed E-state index contributed by atoms with van der Waals surface area (Å²) in [5, 5.41) is 13.7. The second-order valence-electron chi connectivity index (χ2n) is 3.67. The van der Waals surface area contributed by atoms with E-state index in [0.717, 1.165) is 12.0 Å². The number of pyridine rings is 2. The molecule has 2 aromatic heterocycles. The molecule has 0 saturated heterocycles. The smallest absolute Gasteiger partial charge is 0.311 e. The summed E-state index contributed by atoms with van der Waals surface area (Å²) in [5.41, 5.74) is 1.06. The van der Waals surface area contributed by atoms with E-state index in [4.69, 9.17) is 0 Å². The van der Waals surface area contributed by atoms with Crippen LogP contribution in [0.4, 0.5) is 11.5 Å². The second kappa shape index (κ2) is 5.72. The Morgan fingerprint density at radius 3 is 2.83 bits per heavy atom. The Bertz CT molecular complexity index is 531. The molecular formula is C12H12N4O2. The van der Waals surface area contributed by atoms with E-state index in [0.29, 0.717) is 12.4 Å². The Hall–Kier alpha value is -2.50. The van der Waals surface area contributed by atoms with E-state index in [-0.39, 0.29) is 5.69 Å². The van der Waals surface area contributed by atoms with Gasteiger partial charge in [-0.15, -0.1) is 0 Å². The van der Waals surface area contributed by atoms with Gasteiger partial charge in [0.25, 0.3) is 0 Å². The lowest BCUT2D eigenvalue weighted by atomic mass is 10.2. The van der Waals surface area contributed by atoms with E-state index in [2.05, 4.69) is 15.3 Å². The van der Waals surface area contributed by atoms with Crippen LogP contribution in [-0.2, 0) is 6.42 Å². The van der Waals surface area contributed by atoms with Crippen LogP contribution < -0.4 is 5.32 Å². The third-order valence-corrected chi connectivity index (χ3v) is 2.41. The molecule has 0 spiro atoms. The molecule has 0 bridgehead atoms. The van der Waals surface area contributed by atoms with Crippen LogP contribution >= 0.6 is 0 Å². The average molecular weight is 244 g/mol. The molecule has 0 atom stereocenters. The molecule has 2 heterocycles. The largest absolute Gasteiger partial charge is 0.364 e. The molecule has 0 aliphatic rings. The predicted molar refractivity (Wildman–Crippen MR) is 67.3 cm³/mol. The van der Waals surface area contributed by atoms with E-state index in [1.165, 1.54) is 12.3 Å². The topological polar surface area (TPSA) is 81.0 Å². The minimum absolute atomic E-state index is 0.0105. The number of nitrogens with zero attached hydrogens (tertiary/aromatic N) is 3. The van der Waals surface area contributed by atoms with Crippen molar-refractivity contribution in [1.29, 1.82) is 0 Å². The molecule has 1 N–H and O–H groups in total. The van der Waals surface area contributed by atoms with Gasteiger partial charge >= 0.3 is 5.69 Å². The van der Waals surface area contributed by atoms with Gasteiger partial charge in [0.05, 0.1) is 4.92 Å². The zero-order valence-corrected chi connectivity index (χ0v) is 9.61. The monoisotopic (exact) mass is 244 g/mol. The highest BCUT2D eigenvalue weighted by atomic mass is 16.6. The third kappa shape index (κ3) is 3.00. The van der Waals surface area contributed by atoms with E-state index >= 15 is 0 Å². The summed E-state index contributed by atoms with van der Waals surface area (Å²) in [4.78, 5) is 18.3. The molecule has 0 aliphatic carbocycles. The van der Waals surface area contributed by atoms with Gasteiger partial charge in [0.1, 0.15) is 0 Å². The van der Waals surface area contributed by atoms with E-state index in [1.54, 1.807) is 18.5 Å². The lowest BCUT2D eigenvalue weighted by Gasteiger charge is -2.05. The van der Waals surface area contributed by atoms with Crippen molar-refractivity contribution in [1.82, 2.24) is 9.97 Å². The number of aromatic nitrogens is 2. The summed E-state index contributed by atoms with van der Waals surface area (Å²) < 4.78 is 0. The Morgan fingerprint density at radius 1 is 1.28 bits per heavy atom. The van der Waals surface area contributed by atoms with Gasteiger partial charge in [-0.3, -0.25) is 15.1 Å². The Morgan fingerprint density at radius 2 is 2.11 bits per heavy atom. The van der Waals surface area contributed by atoms with Crippen molar-refractivity contribution in [2.75, 3.05) is 11.9 Å². The SMILES string of the molecule is O=[N+]([O-])c1cccnc1NCCc1cccnc1. The normalized spacial score (nSPS) is 10.0. The number of hydrogen-bond acceptors (Lipinski definition) is 5. The molecule has 6 heteroatoms. The maximum absolute atomic E-state index is 10.8. The van der Waals surface area contributed by atoms with Gasteiger partial charge in [0.15, 0.2) is 0 Å². The van der Waals surface area contributed by atoms with Gasteiger partial charge < -0.3 is 5.32 Å². The summed E-state index contributed by atoms with van der Waals surface area (Å²) in [6, 6.07) is 6.80. The average Bonchev–Trinajstić information content (AvgIpc) is 2.40. The van der Waals surface area contributed by atoms with Crippen molar-refractivity contribution in [3.05, 3.63) is 58.5 Å². The van der Waals surface area contributed by atoms with Gasteiger partial charge in [-0.2, -0.15) is 0 Å². The molecule has 0 aromatic carbocycles. The number of anilines is 1. The van der Waals surface area contributed by atoms with Crippen LogP contribution in [0.15, 0.2) is 42.9 Å². The molecule has 18 heavy (non-hydrogen) atoms. The molecule has 2 rings (SSSR count). The molecular weight excluding hydrogens is 232 g/mol. The number of nitro groups is 1. The zero-order valence-electron chi connectivity index (χ0n) is 9.61. The molecule has 0 fully saturated rings. The fraction of sp³-hybridized carbons (Fsp3) is 0.167. The van der Waals surface area contributed by atoms with Gasteiger partial charge in [-0.25, -0.2) is 4.98 Å². The van der Waals surface area contributed by atoms with Crippen LogP contribution in [0.5, 0.6) is 0 Å². The summed E-state index contributed by atoms with van der Waals surface area (Å²) in [6.07, 6.45) is 5.75. The quantitative estimate of drug-likeness (QED) is 0.643. The fourth-order valence-electron chi connectivity index (χ4n) is 1.55. The summed E-state index contributed by atoms with van der Waals surface area (Å²) in [7, 11) is 0. The number of nitrogens with one attached hydrogen (secondary N) is 1. The molecule has 0 unspecified atom stereocenters. The highest BCUT2D eigenvalue weighted by Gasteiger charge is 2.12. The minimum atomic E-state index is -0.445. The third-order valence-electron chi connectivity index (χ3n) is 2.41. The number of rotatable bonds is 5. The first-order valence-corrected chi connectivity index (χ1v) is 5.49. The van der Waals surface area contributed by atoms with Crippen LogP contribution in [0.2, 0.25) is 0 Å². The van der Waals surface area contributed by atoms with Gasteiger partial charge in [0.2, 0.25) is 5.82 Å². The van der Waals surface area contributed by atoms with Crippen molar-refractivity contribution in [2.24, 2.45) is 0 Å². The molecule has 6 nitrogen and oxygen atoms in total. The van der Waals surface area contributed by atoms with Crippen LogP contribution in [0, 0.1) is 10.1 Å². The number of hydrogen-bond donors (Lipinski definition) is 1. The van der Waals surface area contributed by atoms with Crippen molar-refractivity contribution in [3.8, 4) is 0 Å². The minimum Gasteiger partial charge on any atom is -0.364 e. The fourth-order valence-corrected chi connectivity index (χ4v) is 1.55. The van der Waals surface area contributed by atoms with Crippen molar-refractivity contribution in [3.63, 3.8) is 0 Å². The first-order valence-electron chi connectivity index (χ1n) is 5.49. The van der Waals surface area contributed by atoms with E-state index < -0.39 is 4.92 Å². The van der Waals surface area contributed by atoms with Crippen molar-refractivity contribution >= 4 is 11.5 Å². The molecule has 2 aromatic rings. The van der Waals surface area contributed by atoms with E-state index in [1.807, 2.05) is 12.1 Å². The highest BCUT2D eigenvalue weighted by Crippen LogP contribution is 2.19. The predicted octanol–water partition coefficient (Wildman–Crippen LogP) is 2.04. The lowest BCUT2D eigenvalue weighted by Crippen LogP contribution is -2.08. The van der Waals surface area contributed by atoms with Crippen LogP contribution in [0.3, 0.4) is 0 Å². The molecule has 0 saturated carbocycles. The summed E-state index contributed by atoms with van der Waals surface area (Å²) >= 11 is 0. The maximum atomic E-state index is 10.8. The summed E-state index contributed by atoms with van der Waals surface area (Å²) in [5.74, 6) is 0.298. The molecule has 0 radical (unpaired) electrons. The van der Waals surface area contributed by atoms with Gasteiger partial charge in [-0.05, 0) is 24.1 Å². The summed E-state index contributed by atoms with van der Waals surface area (Å²) in [6.45, 7) is 0.573. The van der Waals surface area contributed by atoms with Crippen molar-refractivity contribution in [2.45, 2.75) is 6.42 Å². The second-order valence-corrected chi connectivity index (χ2v) is 3.67. The molecule has 0 amide bonds. The zero-order chi connectivity index (χ0) is 12.8. The Kier molecular flexibility index (Phi) is 3.80. The Balaban J connectivity index is 1.97. The van der Waals surface area contributed by atoms with Crippen LogP contribution in [0.1, 0.15) is 5.56 Å². The standard InChI is InChI=1S/C12H12N4O2/c17-16(18)11-4-2-7-14-12(11)15-8-5-10-3-1-6-13-9-10/h1-4,6-7,9H,5,8H2,(H,14,15). The maximum Gasteiger partial charge on any atom is 0.311 e. The van der Waals surface area contributed by atoms with Crippen molar-refractivity contribution < 1.29 is 4.92 Å². The highest BCUT2D eigenvalue weighted by molar-refractivity contribution is 5.55. The van der Waals surface area contributed by atoms with Gasteiger partial charge in [0, 0.05) is 31.2 Å². The van der Waals surface area contributed by atoms with Gasteiger partial charge in [-0.1, -0.05) is 6.07 Å².